The van der Waals surface area contributed by atoms with E-state index in [1.54, 1.807) is 24.0 Å². The fraction of sp³-hybridized carbons (Fsp3) is 0.444. The molecule has 3 amide bonds. The van der Waals surface area contributed by atoms with Gasteiger partial charge in [-0.25, -0.2) is 4.39 Å². The Kier molecular flexibility index (Phi) is 5.46. The van der Waals surface area contributed by atoms with Crippen LogP contribution in [-0.2, 0) is 4.79 Å². The minimum atomic E-state index is -0.823. The third-order valence-electron chi connectivity index (χ3n) is 7.57. The number of hydrogen-bond acceptors (Lipinski definition) is 3. The van der Waals surface area contributed by atoms with Gasteiger partial charge in [-0.2, -0.15) is 0 Å². The van der Waals surface area contributed by atoms with Gasteiger partial charge in [-0.15, -0.1) is 0 Å². The van der Waals surface area contributed by atoms with E-state index in [1.807, 2.05) is 41.8 Å². The number of likely N-dealkylation sites (tertiary alicyclic amines) is 2. The van der Waals surface area contributed by atoms with Gasteiger partial charge in [0.25, 0.3) is 11.8 Å². The van der Waals surface area contributed by atoms with Crippen LogP contribution < -0.4 is 0 Å². The molecule has 0 aromatic heterocycles. The van der Waals surface area contributed by atoms with Crippen molar-refractivity contribution in [3.05, 3.63) is 70.5 Å². The van der Waals surface area contributed by atoms with Crippen LogP contribution in [0.2, 0.25) is 0 Å². The van der Waals surface area contributed by atoms with Crippen LogP contribution in [0.25, 0.3) is 0 Å². The summed E-state index contributed by atoms with van der Waals surface area (Å²) < 4.78 is 13.9. The number of amides is 3. The fourth-order valence-electron chi connectivity index (χ4n) is 6.02. The van der Waals surface area contributed by atoms with Crippen LogP contribution in [0.3, 0.4) is 0 Å². The van der Waals surface area contributed by atoms with Crippen molar-refractivity contribution >= 4 is 17.7 Å². The van der Waals surface area contributed by atoms with E-state index in [9.17, 15) is 18.8 Å². The largest absolute Gasteiger partial charge is 0.342 e. The van der Waals surface area contributed by atoms with Crippen molar-refractivity contribution in [3.8, 4) is 0 Å². The highest BCUT2D eigenvalue weighted by Gasteiger charge is 2.62. The van der Waals surface area contributed by atoms with E-state index in [2.05, 4.69) is 0 Å². The van der Waals surface area contributed by atoms with E-state index in [0.717, 1.165) is 18.4 Å². The third-order valence-corrected chi connectivity index (χ3v) is 7.57. The van der Waals surface area contributed by atoms with Gasteiger partial charge in [0.2, 0.25) is 5.91 Å². The summed E-state index contributed by atoms with van der Waals surface area (Å²) in [7, 11) is 0. The van der Waals surface area contributed by atoms with Crippen molar-refractivity contribution in [3.63, 3.8) is 0 Å². The maximum atomic E-state index is 13.9. The topological polar surface area (TPSA) is 60.9 Å². The van der Waals surface area contributed by atoms with E-state index in [4.69, 9.17) is 0 Å². The van der Waals surface area contributed by atoms with Crippen molar-refractivity contribution in [2.75, 3.05) is 26.2 Å². The molecule has 1 unspecified atom stereocenters. The van der Waals surface area contributed by atoms with Crippen molar-refractivity contribution in [1.82, 2.24) is 14.7 Å². The van der Waals surface area contributed by atoms with Crippen molar-refractivity contribution in [2.24, 2.45) is 0 Å². The number of benzene rings is 2. The van der Waals surface area contributed by atoms with Gasteiger partial charge < -0.3 is 14.7 Å². The predicted molar refractivity (Wildman–Crippen MR) is 126 cm³/mol. The highest BCUT2D eigenvalue weighted by atomic mass is 19.1. The quantitative estimate of drug-likeness (QED) is 0.699. The molecule has 3 aliphatic heterocycles. The van der Waals surface area contributed by atoms with Gasteiger partial charge >= 0.3 is 0 Å². The van der Waals surface area contributed by atoms with E-state index in [1.165, 1.54) is 12.1 Å². The third kappa shape index (κ3) is 3.32. The zero-order valence-corrected chi connectivity index (χ0v) is 19.9. The Morgan fingerprint density at radius 3 is 2.38 bits per heavy atom. The van der Waals surface area contributed by atoms with E-state index >= 15 is 0 Å². The van der Waals surface area contributed by atoms with Crippen LogP contribution >= 0.6 is 0 Å². The second kappa shape index (κ2) is 8.22. The molecule has 2 aromatic carbocycles. The molecule has 2 fully saturated rings. The number of aryl methyl sites for hydroxylation is 1. The molecule has 1 spiro atoms. The Bertz CT molecular complexity index is 1170. The zero-order chi connectivity index (χ0) is 24.2. The highest BCUT2D eigenvalue weighted by molar-refractivity contribution is 6.03. The monoisotopic (exact) mass is 463 g/mol. The lowest BCUT2D eigenvalue weighted by Gasteiger charge is -2.62. The molecule has 0 saturated carbocycles. The van der Waals surface area contributed by atoms with Gasteiger partial charge in [0, 0.05) is 43.3 Å². The Balaban J connectivity index is 1.57. The van der Waals surface area contributed by atoms with Gasteiger partial charge in [0.15, 0.2) is 0 Å². The lowest BCUT2D eigenvalue weighted by Crippen LogP contribution is -2.78. The molecule has 7 heteroatoms. The average Bonchev–Trinajstić information content (AvgIpc) is 3.33. The second-order valence-electron chi connectivity index (χ2n) is 10.0. The van der Waals surface area contributed by atoms with E-state index < -0.39 is 17.3 Å². The SMILES string of the molecule is Cc1ccc(F)cc1C(=O)N1CC2(C1)C(C(=O)N1CCCC1)c1ccccc1C(=O)N2C(C)C. The molecule has 6 nitrogen and oxygen atoms in total. The summed E-state index contributed by atoms with van der Waals surface area (Å²) in [5, 5.41) is 0. The van der Waals surface area contributed by atoms with Crippen LogP contribution in [0.1, 0.15) is 64.4 Å². The van der Waals surface area contributed by atoms with Crippen molar-refractivity contribution in [2.45, 2.75) is 51.1 Å². The van der Waals surface area contributed by atoms with Crippen LogP contribution in [-0.4, -0.2) is 70.2 Å². The zero-order valence-electron chi connectivity index (χ0n) is 19.9. The molecular weight excluding hydrogens is 433 g/mol. The number of hydrogen-bond donors (Lipinski definition) is 0. The molecule has 5 rings (SSSR count). The van der Waals surface area contributed by atoms with Gasteiger partial charge in [-0.3, -0.25) is 14.4 Å². The van der Waals surface area contributed by atoms with Crippen molar-refractivity contribution in [1.29, 1.82) is 0 Å². The fourth-order valence-corrected chi connectivity index (χ4v) is 6.02. The molecule has 0 N–H and O–H groups in total. The molecule has 3 aliphatic rings. The molecule has 1 atom stereocenters. The number of carbonyl (C=O) groups excluding carboxylic acids is 3. The maximum Gasteiger partial charge on any atom is 0.255 e. The predicted octanol–water partition coefficient (Wildman–Crippen LogP) is 3.60. The van der Waals surface area contributed by atoms with Crippen molar-refractivity contribution < 1.29 is 18.8 Å². The summed E-state index contributed by atoms with van der Waals surface area (Å²) in [6, 6.07) is 11.4. The molecular formula is C27H30FN3O3. The molecule has 0 radical (unpaired) electrons. The Morgan fingerprint density at radius 2 is 1.71 bits per heavy atom. The lowest BCUT2D eigenvalue weighted by molar-refractivity contribution is -0.141. The molecule has 0 bridgehead atoms. The van der Waals surface area contributed by atoms with Gasteiger partial charge in [0.05, 0.1) is 11.5 Å². The summed E-state index contributed by atoms with van der Waals surface area (Å²) >= 11 is 0. The van der Waals surface area contributed by atoms with Crippen LogP contribution in [0.4, 0.5) is 4.39 Å². The van der Waals surface area contributed by atoms with Gasteiger partial charge in [-0.05, 0) is 62.9 Å². The number of halogens is 1. The average molecular weight is 464 g/mol. The van der Waals surface area contributed by atoms with Gasteiger partial charge in [-0.1, -0.05) is 24.3 Å². The lowest BCUT2D eigenvalue weighted by atomic mass is 9.67. The number of rotatable bonds is 3. The molecule has 34 heavy (non-hydrogen) atoms. The first kappa shape index (κ1) is 22.6. The van der Waals surface area contributed by atoms with Gasteiger partial charge in [0.1, 0.15) is 5.82 Å². The van der Waals surface area contributed by atoms with E-state index in [0.29, 0.717) is 29.8 Å². The molecule has 3 heterocycles. The molecule has 2 aromatic rings. The second-order valence-corrected chi connectivity index (χ2v) is 10.0. The molecule has 2 saturated heterocycles. The minimum absolute atomic E-state index is 0.0251. The Labute approximate surface area is 199 Å². The summed E-state index contributed by atoms with van der Waals surface area (Å²) in [6.07, 6.45) is 1.95. The maximum absolute atomic E-state index is 13.9. The molecule has 178 valence electrons. The summed E-state index contributed by atoms with van der Waals surface area (Å²) in [5.41, 5.74) is 1.50. The van der Waals surface area contributed by atoms with Crippen LogP contribution in [0, 0.1) is 12.7 Å². The summed E-state index contributed by atoms with van der Waals surface area (Å²) in [5.74, 6) is -1.36. The Morgan fingerprint density at radius 1 is 1.03 bits per heavy atom. The number of fused-ring (bicyclic) bond motifs is 1. The van der Waals surface area contributed by atoms with Crippen LogP contribution in [0.5, 0.6) is 0 Å². The smallest absolute Gasteiger partial charge is 0.255 e. The first-order chi connectivity index (χ1) is 16.2. The minimum Gasteiger partial charge on any atom is -0.342 e. The highest BCUT2D eigenvalue weighted by Crippen LogP contribution is 2.48. The normalized spacial score (nSPS) is 21.1. The van der Waals surface area contributed by atoms with Crippen LogP contribution in [0.15, 0.2) is 42.5 Å². The standard InChI is InChI=1S/C27H30FN3O3/c1-17(2)31-25(33)21-9-5-4-8-20(21)23(26(34)29-12-6-7-13-29)27(31)15-30(16-27)24(32)22-14-19(28)11-10-18(22)3/h4-5,8-11,14,17,23H,6-7,12-13,15-16H2,1-3H3. The first-order valence-corrected chi connectivity index (χ1v) is 12.0. The van der Waals surface area contributed by atoms with E-state index in [-0.39, 0.29) is 36.9 Å². The number of nitrogens with zero attached hydrogens (tertiary/aromatic N) is 3. The Hall–Kier alpha value is -3.22. The first-order valence-electron chi connectivity index (χ1n) is 12.0. The molecule has 0 aliphatic carbocycles. The summed E-state index contributed by atoms with van der Waals surface area (Å²) in [4.78, 5) is 46.3. The number of carbonyl (C=O) groups is 3. The summed E-state index contributed by atoms with van der Waals surface area (Å²) in [6.45, 7) is 7.60.